The minimum atomic E-state index is -0.232. The fraction of sp³-hybridized carbons (Fsp3) is 0.100. The summed E-state index contributed by atoms with van der Waals surface area (Å²) in [6, 6.07) is 2.01. The van der Waals surface area contributed by atoms with Crippen molar-refractivity contribution in [3.63, 3.8) is 0 Å². The molecule has 0 saturated carbocycles. The molecule has 0 bridgehead atoms. The predicted molar refractivity (Wildman–Crippen MR) is 63.1 cm³/mol. The van der Waals surface area contributed by atoms with Gasteiger partial charge in [-0.05, 0) is 30.0 Å². The molecule has 2 aromatic rings. The van der Waals surface area contributed by atoms with E-state index in [-0.39, 0.29) is 5.91 Å². The van der Waals surface area contributed by atoms with Gasteiger partial charge in [-0.2, -0.15) is 10.1 Å². The summed E-state index contributed by atoms with van der Waals surface area (Å²) >= 11 is 1.60. The molecule has 2 rings (SSSR count). The fourth-order valence-electron chi connectivity index (χ4n) is 1.13. The summed E-state index contributed by atoms with van der Waals surface area (Å²) in [5.41, 5.74) is 1.16. The number of aromatic nitrogens is 3. The summed E-state index contributed by atoms with van der Waals surface area (Å²) in [5.74, 6) is 0.113. The number of hydrogen-bond donors (Lipinski definition) is 2. The van der Waals surface area contributed by atoms with E-state index in [4.69, 9.17) is 0 Å². The van der Waals surface area contributed by atoms with Crippen LogP contribution in [0.3, 0.4) is 0 Å². The number of nitrogens with zero attached hydrogens (tertiary/aromatic N) is 2. The standard InChI is InChI=1S/C10H10N4OS/c1-7-4-5-16-8(7)2-3-9(15)13-10-11-6-12-14-10/h2-6H,1H3,(H2,11,12,13,14,15). The van der Waals surface area contributed by atoms with Gasteiger partial charge in [0.25, 0.3) is 5.91 Å². The first kappa shape index (κ1) is 10.6. The van der Waals surface area contributed by atoms with Crippen molar-refractivity contribution in [1.29, 1.82) is 0 Å². The largest absolute Gasteiger partial charge is 0.291 e. The lowest BCUT2D eigenvalue weighted by atomic mass is 10.3. The van der Waals surface area contributed by atoms with Crippen LogP contribution in [-0.2, 0) is 4.79 Å². The summed E-state index contributed by atoms with van der Waals surface area (Å²) in [6.45, 7) is 2.00. The zero-order valence-corrected chi connectivity index (χ0v) is 9.41. The second-order valence-corrected chi connectivity index (χ2v) is 4.07. The zero-order chi connectivity index (χ0) is 11.4. The zero-order valence-electron chi connectivity index (χ0n) is 8.60. The number of hydrogen-bond acceptors (Lipinski definition) is 4. The first-order chi connectivity index (χ1) is 7.75. The Morgan fingerprint density at radius 2 is 2.50 bits per heavy atom. The van der Waals surface area contributed by atoms with Crippen LogP contribution in [0.15, 0.2) is 23.8 Å². The molecule has 0 saturated heterocycles. The van der Waals surface area contributed by atoms with E-state index >= 15 is 0 Å². The lowest BCUT2D eigenvalue weighted by molar-refractivity contribution is -0.111. The highest BCUT2D eigenvalue weighted by Crippen LogP contribution is 2.16. The maximum Gasteiger partial charge on any atom is 0.250 e. The molecule has 0 radical (unpaired) electrons. The average Bonchev–Trinajstić information content (AvgIpc) is 2.87. The number of carbonyl (C=O) groups excluding carboxylic acids is 1. The number of aromatic amines is 1. The third-order valence-corrected chi connectivity index (χ3v) is 2.93. The van der Waals surface area contributed by atoms with Crippen LogP contribution in [0.1, 0.15) is 10.4 Å². The molecule has 0 atom stereocenters. The molecule has 0 spiro atoms. The van der Waals surface area contributed by atoms with Crippen LogP contribution in [0.5, 0.6) is 0 Å². The molecule has 16 heavy (non-hydrogen) atoms. The Labute approximate surface area is 96.2 Å². The SMILES string of the molecule is Cc1ccsc1C=CC(=O)Nc1ncn[nH]1. The van der Waals surface area contributed by atoms with E-state index < -0.39 is 0 Å². The lowest BCUT2D eigenvalue weighted by Gasteiger charge is -1.94. The molecule has 6 heteroatoms. The van der Waals surface area contributed by atoms with Crippen LogP contribution < -0.4 is 5.32 Å². The van der Waals surface area contributed by atoms with Gasteiger partial charge in [-0.3, -0.25) is 10.1 Å². The highest BCUT2D eigenvalue weighted by molar-refractivity contribution is 7.11. The monoisotopic (exact) mass is 234 g/mol. The maximum atomic E-state index is 11.4. The van der Waals surface area contributed by atoms with Gasteiger partial charge in [0.05, 0.1) is 0 Å². The van der Waals surface area contributed by atoms with Crippen molar-refractivity contribution in [3.8, 4) is 0 Å². The van der Waals surface area contributed by atoms with Gasteiger partial charge in [-0.15, -0.1) is 11.3 Å². The third-order valence-electron chi connectivity index (χ3n) is 1.94. The summed E-state index contributed by atoms with van der Waals surface area (Å²) < 4.78 is 0. The van der Waals surface area contributed by atoms with Gasteiger partial charge in [-0.1, -0.05) is 0 Å². The van der Waals surface area contributed by atoms with E-state index in [0.29, 0.717) is 5.95 Å². The molecule has 0 unspecified atom stereocenters. The van der Waals surface area contributed by atoms with Crippen molar-refractivity contribution < 1.29 is 4.79 Å². The van der Waals surface area contributed by atoms with E-state index in [1.54, 1.807) is 17.4 Å². The molecule has 2 aromatic heterocycles. The second-order valence-electron chi connectivity index (χ2n) is 3.12. The van der Waals surface area contributed by atoms with Crippen LogP contribution in [0.2, 0.25) is 0 Å². The molecular weight excluding hydrogens is 224 g/mol. The van der Waals surface area contributed by atoms with Crippen LogP contribution in [-0.4, -0.2) is 21.1 Å². The number of H-pyrrole nitrogens is 1. The van der Waals surface area contributed by atoms with Crippen LogP contribution in [0, 0.1) is 6.92 Å². The van der Waals surface area contributed by atoms with Crippen molar-refractivity contribution in [2.75, 3.05) is 5.32 Å². The number of rotatable bonds is 3. The van der Waals surface area contributed by atoms with Gasteiger partial charge in [0, 0.05) is 11.0 Å². The molecule has 5 nitrogen and oxygen atoms in total. The van der Waals surface area contributed by atoms with Crippen LogP contribution in [0.4, 0.5) is 5.95 Å². The number of nitrogens with one attached hydrogen (secondary N) is 2. The van der Waals surface area contributed by atoms with Crippen LogP contribution in [0.25, 0.3) is 6.08 Å². The molecule has 82 valence electrons. The first-order valence-electron chi connectivity index (χ1n) is 4.64. The molecule has 0 aliphatic carbocycles. The Kier molecular flexibility index (Phi) is 3.11. The van der Waals surface area contributed by atoms with Gasteiger partial charge in [-0.25, -0.2) is 5.10 Å². The minimum absolute atomic E-state index is 0.232. The second kappa shape index (κ2) is 4.71. The first-order valence-corrected chi connectivity index (χ1v) is 5.52. The van der Waals surface area contributed by atoms with Crippen molar-refractivity contribution in [2.45, 2.75) is 6.92 Å². The number of anilines is 1. The molecule has 0 aliphatic heterocycles. The number of thiophene rings is 1. The molecule has 1 amide bonds. The number of amides is 1. The minimum Gasteiger partial charge on any atom is -0.291 e. The highest BCUT2D eigenvalue weighted by Gasteiger charge is 2.00. The van der Waals surface area contributed by atoms with Gasteiger partial charge >= 0.3 is 0 Å². The molecule has 0 aromatic carbocycles. The summed E-state index contributed by atoms with van der Waals surface area (Å²) in [6.07, 6.45) is 4.59. The predicted octanol–water partition coefficient (Wildman–Crippen LogP) is 1.83. The Bertz CT molecular complexity index is 501. The Morgan fingerprint density at radius 3 is 3.12 bits per heavy atom. The van der Waals surface area contributed by atoms with Crippen LogP contribution >= 0.6 is 11.3 Å². The lowest BCUT2D eigenvalue weighted by Crippen LogP contribution is -2.08. The Morgan fingerprint density at radius 1 is 1.62 bits per heavy atom. The smallest absolute Gasteiger partial charge is 0.250 e. The van der Waals surface area contributed by atoms with Gasteiger partial charge in [0.15, 0.2) is 0 Å². The van der Waals surface area contributed by atoms with Gasteiger partial charge in [0.2, 0.25) is 5.95 Å². The molecule has 2 N–H and O–H groups in total. The van der Waals surface area contributed by atoms with Crippen molar-refractivity contribution in [2.24, 2.45) is 0 Å². The average molecular weight is 234 g/mol. The maximum absolute atomic E-state index is 11.4. The number of aryl methyl sites for hydroxylation is 1. The van der Waals surface area contributed by atoms with Crippen molar-refractivity contribution >= 4 is 29.3 Å². The summed E-state index contributed by atoms with van der Waals surface area (Å²) in [5, 5.41) is 10.7. The Balaban J connectivity index is 1.98. The van der Waals surface area contributed by atoms with E-state index in [1.807, 2.05) is 18.4 Å². The van der Waals surface area contributed by atoms with E-state index in [1.165, 1.54) is 12.4 Å². The molecule has 0 aliphatic rings. The third kappa shape index (κ3) is 2.54. The van der Waals surface area contributed by atoms with Crippen molar-refractivity contribution in [3.05, 3.63) is 34.3 Å². The quantitative estimate of drug-likeness (QED) is 0.796. The molecule has 2 heterocycles. The number of carbonyl (C=O) groups is 1. The van der Waals surface area contributed by atoms with E-state index in [9.17, 15) is 4.79 Å². The van der Waals surface area contributed by atoms with E-state index in [2.05, 4.69) is 20.5 Å². The topological polar surface area (TPSA) is 70.7 Å². The van der Waals surface area contributed by atoms with Crippen molar-refractivity contribution in [1.82, 2.24) is 15.2 Å². The van der Waals surface area contributed by atoms with Gasteiger partial charge in [0.1, 0.15) is 6.33 Å². The molecular formula is C10H10N4OS. The Hall–Kier alpha value is -1.95. The normalized spacial score (nSPS) is 10.8. The summed E-state index contributed by atoms with van der Waals surface area (Å²) in [7, 11) is 0. The fourth-order valence-corrected chi connectivity index (χ4v) is 1.95. The summed E-state index contributed by atoms with van der Waals surface area (Å²) in [4.78, 5) is 16.3. The van der Waals surface area contributed by atoms with Gasteiger partial charge < -0.3 is 0 Å². The van der Waals surface area contributed by atoms with E-state index in [0.717, 1.165) is 10.4 Å². The molecule has 0 fully saturated rings. The highest BCUT2D eigenvalue weighted by atomic mass is 32.1.